The van der Waals surface area contributed by atoms with Crippen LogP contribution in [0, 0.1) is 5.41 Å². The number of carbonyl (C=O) groups excluding carboxylic acids is 3. The fraction of sp³-hybridized carbons (Fsp3) is 0.261. The molecule has 3 rings (SSSR count). The summed E-state index contributed by atoms with van der Waals surface area (Å²) in [6.45, 7) is 5.10. The number of para-hydroxylation sites is 1. The van der Waals surface area contributed by atoms with Crippen molar-refractivity contribution >= 4 is 34.2 Å². The van der Waals surface area contributed by atoms with Gasteiger partial charge in [0.25, 0.3) is 0 Å². The lowest BCUT2D eigenvalue weighted by Gasteiger charge is -2.22. The van der Waals surface area contributed by atoms with E-state index in [0.717, 1.165) is 16.5 Å². The van der Waals surface area contributed by atoms with Crippen molar-refractivity contribution in [2.45, 2.75) is 27.2 Å². The van der Waals surface area contributed by atoms with Crippen molar-refractivity contribution in [3.63, 3.8) is 0 Å². The molecular formula is C23H25N3O3. The first-order chi connectivity index (χ1) is 13.8. The van der Waals surface area contributed by atoms with Gasteiger partial charge in [0.15, 0.2) is 5.78 Å². The molecule has 0 unspecified atom stereocenters. The van der Waals surface area contributed by atoms with Crippen LogP contribution in [0.4, 0.5) is 5.69 Å². The molecule has 29 heavy (non-hydrogen) atoms. The van der Waals surface area contributed by atoms with Gasteiger partial charge in [-0.2, -0.15) is 0 Å². The average Bonchev–Trinajstić information content (AvgIpc) is 3.11. The number of H-pyrrole nitrogens is 1. The monoisotopic (exact) mass is 391 g/mol. The Morgan fingerprint density at radius 1 is 0.966 bits per heavy atom. The number of hydrogen-bond donors (Lipinski definition) is 3. The molecule has 150 valence electrons. The summed E-state index contributed by atoms with van der Waals surface area (Å²) in [6, 6.07) is 14.6. The zero-order valence-electron chi connectivity index (χ0n) is 16.8. The van der Waals surface area contributed by atoms with Crippen LogP contribution in [0.15, 0.2) is 54.7 Å². The number of hydrogen-bond acceptors (Lipinski definition) is 3. The van der Waals surface area contributed by atoms with E-state index in [1.54, 1.807) is 38.1 Å². The molecule has 0 aliphatic heterocycles. The first kappa shape index (κ1) is 20.3. The van der Waals surface area contributed by atoms with Gasteiger partial charge in [0.05, 0.1) is 0 Å². The third-order valence-electron chi connectivity index (χ3n) is 5.04. The molecule has 1 heterocycles. The molecule has 0 atom stereocenters. The lowest BCUT2D eigenvalue weighted by molar-refractivity contribution is -0.138. The number of aromatic nitrogens is 1. The minimum Gasteiger partial charge on any atom is -0.361 e. The van der Waals surface area contributed by atoms with Gasteiger partial charge in [-0.15, -0.1) is 0 Å². The first-order valence-electron chi connectivity index (χ1n) is 9.55. The Bertz CT molecular complexity index is 1050. The summed E-state index contributed by atoms with van der Waals surface area (Å²) in [5.41, 5.74) is 2.05. The van der Waals surface area contributed by atoms with Crippen LogP contribution in [0.3, 0.4) is 0 Å². The van der Waals surface area contributed by atoms with Crippen LogP contribution in [0.5, 0.6) is 0 Å². The quantitative estimate of drug-likeness (QED) is 0.424. The maximum absolute atomic E-state index is 12.6. The van der Waals surface area contributed by atoms with Gasteiger partial charge in [-0.1, -0.05) is 18.2 Å². The molecule has 2 aromatic carbocycles. The second-order valence-corrected chi connectivity index (χ2v) is 7.58. The largest absolute Gasteiger partial charge is 0.361 e. The zero-order valence-corrected chi connectivity index (χ0v) is 16.8. The summed E-state index contributed by atoms with van der Waals surface area (Å²) < 4.78 is 0. The highest BCUT2D eigenvalue weighted by Gasteiger charge is 2.35. The number of amides is 2. The molecule has 3 N–H and O–H groups in total. The first-order valence-corrected chi connectivity index (χ1v) is 9.55. The number of fused-ring (bicyclic) bond motifs is 1. The van der Waals surface area contributed by atoms with Gasteiger partial charge in [0.2, 0.25) is 11.8 Å². The minimum absolute atomic E-state index is 0.0437. The van der Waals surface area contributed by atoms with Gasteiger partial charge >= 0.3 is 0 Å². The van der Waals surface area contributed by atoms with Crippen molar-refractivity contribution in [2.24, 2.45) is 5.41 Å². The fourth-order valence-corrected chi connectivity index (χ4v) is 3.05. The number of Topliss-reactive ketones (excluding diaryl/α,β-unsaturated/α-hetero) is 1. The van der Waals surface area contributed by atoms with Gasteiger partial charge in [0.1, 0.15) is 5.41 Å². The van der Waals surface area contributed by atoms with Gasteiger partial charge in [-0.05, 0) is 63.1 Å². The van der Waals surface area contributed by atoms with Gasteiger partial charge in [0, 0.05) is 34.9 Å². The van der Waals surface area contributed by atoms with Crippen molar-refractivity contribution in [3.05, 3.63) is 65.9 Å². The van der Waals surface area contributed by atoms with Crippen molar-refractivity contribution in [3.8, 4) is 0 Å². The highest BCUT2D eigenvalue weighted by molar-refractivity contribution is 6.10. The molecular weight excluding hydrogens is 366 g/mol. The summed E-state index contributed by atoms with van der Waals surface area (Å²) in [5, 5.41) is 6.73. The zero-order chi connectivity index (χ0) is 21.0. The topological polar surface area (TPSA) is 91.1 Å². The number of carbonyl (C=O) groups is 3. The number of aromatic amines is 1. The van der Waals surface area contributed by atoms with E-state index in [2.05, 4.69) is 15.6 Å². The smallest absolute Gasteiger partial charge is 0.239 e. The third kappa shape index (κ3) is 4.54. The Hall–Kier alpha value is -3.41. The lowest BCUT2D eigenvalue weighted by atomic mass is 9.90. The van der Waals surface area contributed by atoms with Crippen LogP contribution in [-0.4, -0.2) is 29.1 Å². The molecule has 3 aromatic rings. The van der Waals surface area contributed by atoms with Crippen LogP contribution < -0.4 is 10.6 Å². The number of nitrogens with one attached hydrogen (secondary N) is 3. The van der Waals surface area contributed by atoms with E-state index in [0.29, 0.717) is 24.2 Å². The summed E-state index contributed by atoms with van der Waals surface area (Å²) in [7, 11) is 0. The van der Waals surface area contributed by atoms with E-state index >= 15 is 0 Å². The highest BCUT2D eigenvalue weighted by Crippen LogP contribution is 2.21. The van der Waals surface area contributed by atoms with Crippen LogP contribution in [0.2, 0.25) is 0 Å². The number of ketones is 1. The lowest BCUT2D eigenvalue weighted by Crippen LogP contribution is -2.45. The van der Waals surface area contributed by atoms with Crippen LogP contribution in [0.1, 0.15) is 36.7 Å². The van der Waals surface area contributed by atoms with E-state index in [1.165, 1.54) is 6.92 Å². The molecule has 6 heteroatoms. The average molecular weight is 391 g/mol. The van der Waals surface area contributed by atoms with Crippen molar-refractivity contribution < 1.29 is 14.4 Å². The van der Waals surface area contributed by atoms with E-state index in [4.69, 9.17) is 0 Å². The SMILES string of the molecule is CC(=O)c1ccc(NC(=O)C(C)(C)C(=O)NCCc2c[nH]c3ccccc23)cc1. The van der Waals surface area contributed by atoms with E-state index in [1.807, 2.05) is 30.5 Å². The fourth-order valence-electron chi connectivity index (χ4n) is 3.05. The van der Waals surface area contributed by atoms with E-state index in [9.17, 15) is 14.4 Å². The Kier molecular flexibility index (Phi) is 5.82. The molecule has 0 fully saturated rings. The molecule has 1 aromatic heterocycles. The molecule has 0 saturated heterocycles. The van der Waals surface area contributed by atoms with Crippen LogP contribution in [0.25, 0.3) is 10.9 Å². The molecule has 6 nitrogen and oxygen atoms in total. The molecule has 0 bridgehead atoms. The summed E-state index contributed by atoms with van der Waals surface area (Å²) in [4.78, 5) is 39.8. The summed E-state index contributed by atoms with van der Waals surface area (Å²) in [5.74, 6) is -0.786. The molecule has 0 aliphatic carbocycles. The predicted molar refractivity (Wildman–Crippen MR) is 114 cm³/mol. The maximum atomic E-state index is 12.6. The van der Waals surface area contributed by atoms with Gasteiger partial charge in [-0.3, -0.25) is 14.4 Å². The van der Waals surface area contributed by atoms with E-state index in [-0.39, 0.29) is 11.7 Å². The Morgan fingerprint density at radius 3 is 2.34 bits per heavy atom. The van der Waals surface area contributed by atoms with E-state index < -0.39 is 11.3 Å². The second-order valence-electron chi connectivity index (χ2n) is 7.58. The minimum atomic E-state index is -1.24. The second kappa shape index (κ2) is 8.31. The number of anilines is 1. The van der Waals surface area contributed by atoms with Crippen LogP contribution >= 0.6 is 0 Å². The maximum Gasteiger partial charge on any atom is 0.239 e. The molecule has 0 saturated carbocycles. The van der Waals surface area contributed by atoms with Crippen LogP contribution in [-0.2, 0) is 16.0 Å². The summed E-state index contributed by atoms with van der Waals surface area (Å²) >= 11 is 0. The Labute approximate surface area is 169 Å². The Balaban J connectivity index is 1.57. The molecule has 0 aliphatic rings. The number of benzene rings is 2. The molecule has 2 amide bonds. The normalized spacial score (nSPS) is 11.3. The molecule has 0 spiro atoms. The standard InChI is InChI=1S/C23H25N3O3/c1-15(27)16-8-10-18(11-9-16)26-22(29)23(2,3)21(28)24-13-12-17-14-25-20-7-5-4-6-19(17)20/h4-11,14,25H,12-13H2,1-3H3,(H,24,28)(H,26,29). The van der Waals surface area contributed by atoms with Crippen molar-refractivity contribution in [1.29, 1.82) is 0 Å². The predicted octanol–water partition coefficient (Wildman–Crippen LogP) is 3.69. The Morgan fingerprint density at radius 2 is 1.66 bits per heavy atom. The highest BCUT2D eigenvalue weighted by atomic mass is 16.2. The van der Waals surface area contributed by atoms with Crippen molar-refractivity contribution in [2.75, 3.05) is 11.9 Å². The summed E-state index contributed by atoms with van der Waals surface area (Å²) in [6.07, 6.45) is 2.61. The van der Waals surface area contributed by atoms with Gasteiger partial charge < -0.3 is 15.6 Å². The molecule has 0 radical (unpaired) electrons. The van der Waals surface area contributed by atoms with Crippen molar-refractivity contribution in [1.82, 2.24) is 10.3 Å². The van der Waals surface area contributed by atoms with Gasteiger partial charge in [-0.25, -0.2) is 0 Å². The number of rotatable bonds is 7. The third-order valence-corrected chi connectivity index (χ3v) is 5.04.